The minimum atomic E-state index is -3.71. The van der Waals surface area contributed by atoms with Gasteiger partial charge in [-0.05, 0) is 54.1 Å². The molecule has 3 aliphatic rings. The van der Waals surface area contributed by atoms with E-state index in [-0.39, 0.29) is 17.2 Å². The van der Waals surface area contributed by atoms with Crippen molar-refractivity contribution in [3.8, 4) is 5.75 Å². The molecule has 1 atom stereocenters. The molecule has 1 aliphatic carbocycles. The summed E-state index contributed by atoms with van der Waals surface area (Å²) in [5.41, 5.74) is 2.32. The topological polar surface area (TPSA) is 112 Å². The summed E-state index contributed by atoms with van der Waals surface area (Å²) in [5.74, 6) is 1.17. The number of aliphatic imine (C=N–C) groups is 2. The normalized spacial score (nSPS) is 21.2. The van der Waals surface area contributed by atoms with Crippen molar-refractivity contribution in [2.24, 2.45) is 15.4 Å². The predicted molar refractivity (Wildman–Crippen MR) is 143 cm³/mol. The van der Waals surface area contributed by atoms with Crippen LogP contribution >= 0.6 is 11.8 Å². The number of nitrogens with one attached hydrogen (secondary N) is 2. The Kier molecular flexibility index (Phi) is 6.89. The van der Waals surface area contributed by atoms with Gasteiger partial charge in [-0.2, -0.15) is 0 Å². The van der Waals surface area contributed by atoms with E-state index in [1.54, 1.807) is 35.8 Å². The number of hydrogen-bond donors (Lipinski definition) is 2. The van der Waals surface area contributed by atoms with E-state index < -0.39 is 15.4 Å². The molecule has 2 aromatic rings. The number of rotatable bonds is 6. The first kappa shape index (κ1) is 25.2. The fourth-order valence-corrected chi connectivity index (χ4v) is 5.94. The number of benzene rings is 2. The Hall–Kier alpha value is -3.47. The first-order chi connectivity index (χ1) is 17.8. The highest BCUT2D eigenvalue weighted by atomic mass is 35.5. The molecular weight excluding hydrogens is 514 g/mol. The minimum Gasteiger partial charge on any atom is -0.497 e. The van der Waals surface area contributed by atoms with Gasteiger partial charge in [-0.15, -0.1) is 0 Å². The van der Waals surface area contributed by atoms with E-state index in [0.29, 0.717) is 43.3 Å². The van der Waals surface area contributed by atoms with E-state index in [0.717, 1.165) is 17.0 Å². The summed E-state index contributed by atoms with van der Waals surface area (Å²) < 4.78 is 34.9. The van der Waals surface area contributed by atoms with Gasteiger partial charge in [-0.3, -0.25) is 9.21 Å². The van der Waals surface area contributed by atoms with Crippen LogP contribution in [0.1, 0.15) is 18.4 Å². The number of carbonyl (C=O) groups excluding carboxylic acids is 1. The Morgan fingerprint density at radius 3 is 2.78 bits per heavy atom. The molecule has 0 aromatic heterocycles. The van der Waals surface area contributed by atoms with Gasteiger partial charge in [0.05, 0.1) is 29.7 Å². The van der Waals surface area contributed by atoms with Crippen LogP contribution in [0.2, 0.25) is 0 Å². The third kappa shape index (κ3) is 5.18. The zero-order valence-electron chi connectivity index (χ0n) is 20.1. The van der Waals surface area contributed by atoms with E-state index in [1.807, 2.05) is 30.4 Å². The molecule has 0 saturated carbocycles. The second-order valence-corrected chi connectivity index (χ2v) is 11.2. The fraction of sp³-hybridized carbons (Fsp3) is 0.269. The number of anilines is 1. The maximum Gasteiger partial charge on any atom is 0.240 e. The summed E-state index contributed by atoms with van der Waals surface area (Å²) in [7, 11) is -2.15. The van der Waals surface area contributed by atoms with Gasteiger partial charge in [0.25, 0.3) is 0 Å². The summed E-state index contributed by atoms with van der Waals surface area (Å²) in [6.45, 7) is 0.926. The molecule has 1 fully saturated rings. The zero-order chi connectivity index (χ0) is 26.0. The highest BCUT2D eigenvalue weighted by Crippen LogP contribution is 2.43. The molecule has 2 aliphatic heterocycles. The molecule has 0 amide bonds. The maximum atomic E-state index is 12.8. The fourth-order valence-electron chi connectivity index (χ4n) is 4.62. The second kappa shape index (κ2) is 10.1. The molecule has 9 nitrogen and oxygen atoms in total. The van der Waals surface area contributed by atoms with Gasteiger partial charge in [0.2, 0.25) is 16.0 Å². The standard InChI is InChI=1S/C26H26ClN5O4S/c1-36-21-5-2-4-18(14-21)16-29-37(34,35)22-10-8-19(9-11-22)30-25-28-17-26-15-20(33)12-13-32(27)24(26)7-3-6-23(26)31-25/h2-11,14,29H,12-13,15-17H2,1H3,(H,28,30). The van der Waals surface area contributed by atoms with Crippen molar-refractivity contribution in [3.05, 3.63) is 78.0 Å². The van der Waals surface area contributed by atoms with Crippen molar-refractivity contribution in [1.82, 2.24) is 9.14 Å². The van der Waals surface area contributed by atoms with Crippen LogP contribution in [0, 0.1) is 5.41 Å². The Morgan fingerprint density at radius 2 is 2.00 bits per heavy atom. The highest BCUT2D eigenvalue weighted by molar-refractivity contribution is 7.89. The van der Waals surface area contributed by atoms with Crippen molar-refractivity contribution in [2.75, 3.05) is 25.5 Å². The molecule has 0 bridgehead atoms. The summed E-state index contributed by atoms with van der Waals surface area (Å²) in [6, 6.07) is 13.6. The summed E-state index contributed by atoms with van der Waals surface area (Å²) >= 11 is 6.46. The number of halogens is 1. The van der Waals surface area contributed by atoms with Gasteiger partial charge < -0.3 is 10.1 Å². The number of methoxy groups -OCH3 is 1. The second-order valence-electron chi connectivity index (χ2n) is 9.01. The Balaban J connectivity index is 1.28. The van der Waals surface area contributed by atoms with Crippen molar-refractivity contribution in [2.45, 2.75) is 24.3 Å². The van der Waals surface area contributed by atoms with Gasteiger partial charge in [-0.1, -0.05) is 18.2 Å². The van der Waals surface area contributed by atoms with E-state index in [4.69, 9.17) is 16.5 Å². The molecule has 2 N–H and O–H groups in total. The lowest BCUT2D eigenvalue weighted by atomic mass is 9.72. The lowest BCUT2D eigenvalue weighted by Crippen LogP contribution is -2.44. The summed E-state index contributed by atoms with van der Waals surface area (Å²) in [5, 5.41) is 3.14. The number of nitrogens with zero attached hydrogens (tertiary/aromatic N) is 3. The third-order valence-corrected chi connectivity index (χ3v) is 8.35. The summed E-state index contributed by atoms with van der Waals surface area (Å²) in [6.07, 6.45) is 6.36. The monoisotopic (exact) mass is 539 g/mol. The van der Waals surface area contributed by atoms with Gasteiger partial charge in [0.15, 0.2) is 0 Å². The van der Waals surface area contributed by atoms with Crippen molar-refractivity contribution in [3.63, 3.8) is 0 Å². The first-order valence-electron chi connectivity index (χ1n) is 11.8. The minimum absolute atomic E-state index is 0.125. The van der Waals surface area contributed by atoms with Crippen LogP contribution in [0.15, 0.2) is 87.3 Å². The Labute approximate surface area is 220 Å². The molecule has 0 radical (unpaired) electrons. The average Bonchev–Trinajstić information content (AvgIpc) is 3.03. The molecule has 2 aromatic carbocycles. The van der Waals surface area contributed by atoms with Gasteiger partial charge in [-0.25, -0.2) is 23.1 Å². The first-order valence-corrected chi connectivity index (χ1v) is 13.6. The smallest absolute Gasteiger partial charge is 0.240 e. The number of carbonyl (C=O) groups is 1. The molecule has 5 rings (SSSR count). The van der Waals surface area contributed by atoms with Crippen molar-refractivity contribution < 1.29 is 17.9 Å². The van der Waals surface area contributed by atoms with Gasteiger partial charge >= 0.3 is 0 Å². The van der Waals surface area contributed by atoms with Crippen LogP contribution in [0.25, 0.3) is 0 Å². The van der Waals surface area contributed by atoms with Crippen molar-refractivity contribution >= 4 is 44.9 Å². The number of allylic oxidation sites excluding steroid dienone is 3. The number of hydrogen-bond acceptors (Lipinski definition) is 8. The molecule has 37 heavy (non-hydrogen) atoms. The van der Waals surface area contributed by atoms with E-state index in [9.17, 15) is 13.2 Å². The number of sulfonamides is 1. The molecule has 1 saturated heterocycles. The average molecular weight is 540 g/mol. The third-order valence-electron chi connectivity index (χ3n) is 6.58. The van der Waals surface area contributed by atoms with Crippen molar-refractivity contribution in [1.29, 1.82) is 0 Å². The highest BCUT2D eigenvalue weighted by Gasteiger charge is 2.47. The number of guanidine groups is 1. The summed E-state index contributed by atoms with van der Waals surface area (Å²) in [4.78, 5) is 21.9. The molecule has 2 heterocycles. The lowest BCUT2D eigenvalue weighted by Gasteiger charge is -2.39. The number of ketones is 1. The van der Waals surface area contributed by atoms with Crippen LogP contribution < -0.4 is 14.8 Å². The van der Waals surface area contributed by atoms with Crippen LogP contribution in [0.4, 0.5) is 5.69 Å². The Morgan fingerprint density at radius 1 is 1.19 bits per heavy atom. The zero-order valence-corrected chi connectivity index (χ0v) is 21.7. The molecule has 192 valence electrons. The number of ether oxygens (including phenoxy) is 1. The maximum absolute atomic E-state index is 12.8. The van der Waals surface area contributed by atoms with Gasteiger partial charge in [0.1, 0.15) is 11.5 Å². The SMILES string of the molecule is COc1cccc(CNS(=O)(=O)c2ccc(NC3=NCC45CC(=O)CCN(Cl)C4=CC=CC5=N3)cc2)c1. The largest absolute Gasteiger partial charge is 0.497 e. The van der Waals surface area contributed by atoms with E-state index >= 15 is 0 Å². The number of Topliss-reactive ketones (excluding diaryl/α,β-unsaturated/α-hetero) is 1. The van der Waals surface area contributed by atoms with E-state index in [2.05, 4.69) is 20.0 Å². The molecule has 1 spiro atoms. The van der Waals surface area contributed by atoms with Crippen LogP contribution in [-0.4, -0.2) is 50.5 Å². The van der Waals surface area contributed by atoms with Crippen LogP contribution in [0.3, 0.4) is 0 Å². The molecular formula is C26H26ClN5O4S. The quantitative estimate of drug-likeness (QED) is 0.542. The van der Waals surface area contributed by atoms with E-state index in [1.165, 1.54) is 12.1 Å². The Bertz CT molecular complexity index is 1450. The predicted octanol–water partition coefficient (Wildman–Crippen LogP) is 3.66. The van der Waals surface area contributed by atoms with Gasteiger partial charge in [0, 0.05) is 49.1 Å². The molecule has 11 heteroatoms. The van der Waals surface area contributed by atoms with Crippen LogP contribution in [0.5, 0.6) is 5.75 Å². The lowest BCUT2D eigenvalue weighted by molar-refractivity contribution is -0.119. The van der Waals surface area contributed by atoms with Crippen LogP contribution in [-0.2, 0) is 21.4 Å². The molecule has 1 unspecified atom stereocenters.